The molecule has 2 N–H and O–H groups in total. The van der Waals surface area contributed by atoms with Gasteiger partial charge in [-0.1, -0.05) is 11.6 Å². The van der Waals surface area contributed by atoms with Gasteiger partial charge in [0.05, 0.1) is 0 Å². The van der Waals surface area contributed by atoms with E-state index in [1.807, 2.05) is 0 Å². The van der Waals surface area contributed by atoms with E-state index in [4.69, 9.17) is 22.6 Å². The van der Waals surface area contributed by atoms with Crippen molar-refractivity contribution in [1.82, 2.24) is 4.98 Å². The van der Waals surface area contributed by atoms with Crippen LogP contribution in [0.5, 0.6) is 5.75 Å². The maximum Gasteiger partial charge on any atom is 0.573 e. The van der Waals surface area contributed by atoms with Gasteiger partial charge in [-0.3, -0.25) is 0 Å². The van der Waals surface area contributed by atoms with Crippen LogP contribution in [-0.2, 0) is 0 Å². The first-order chi connectivity index (χ1) is 6.83. The van der Waals surface area contributed by atoms with Gasteiger partial charge < -0.3 is 10.5 Å². The SMILES string of the molecule is N#Cc1c(OC(F)(F)F)cc(N)nc1Cl. The Balaban J connectivity index is 3.23. The fourth-order valence-corrected chi connectivity index (χ4v) is 1.05. The standard InChI is InChI=1S/C7H3ClF3N3O/c8-6-3(2-12)4(1-5(13)14-6)15-7(9,10)11/h1H,(H2,13,14). The van der Waals surface area contributed by atoms with E-state index < -0.39 is 22.8 Å². The van der Waals surface area contributed by atoms with Gasteiger partial charge in [-0.15, -0.1) is 13.2 Å². The van der Waals surface area contributed by atoms with Crippen LogP contribution in [0.4, 0.5) is 19.0 Å². The number of nitrogens with zero attached hydrogens (tertiary/aromatic N) is 2. The minimum absolute atomic E-state index is 0.266. The number of hydrogen-bond donors (Lipinski definition) is 1. The van der Waals surface area contributed by atoms with Crippen molar-refractivity contribution in [2.45, 2.75) is 6.36 Å². The molecule has 0 aromatic carbocycles. The van der Waals surface area contributed by atoms with Gasteiger partial charge in [-0.05, 0) is 0 Å². The highest BCUT2D eigenvalue weighted by molar-refractivity contribution is 6.30. The van der Waals surface area contributed by atoms with Gasteiger partial charge in [0.25, 0.3) is 0 Å². The van der Waals surface area contributed by atoms with Crippen molar-refractivity contribution in [3.05, 3.63) is 16.8 Å². The van der Waals surface area contributed by atoms with Crippen molar-refractivity contribution >= 4 is 17.4 Å². The van der Waals surface area contributed by atoms with Crippen LogP contribution in [0.2, 0.25) is 5.15 Å². The molecule has 1 aromatic heterocycles. The van der Waals surface area contributed by atoms with Gasteiger partial charge in [-0.2, -0.15) is 5.26 Å². The lowest BCUT2D eigenvalue weighted by Gasteiger charge is -2.10. The van der Waals surface area contributed by atoms with Crippen LogP contribution < -0.4 is 10.5 Å². The summed E-state index contributed by atoms with van der Waals surface area (Å²) in [6, 6.07) is 2.21. The van der Waals surface area contributed by atoms with Crippen LogP contribution in [0.25, 0.3) is 0 Å². The number of hydrogen-bond acceptors (Lipinski definition) is 4. The number of alkyl halides is 3. The Kier molecular flexibility index (Phi) is 2.90. The highest BCUT2D eigenvalue weighted by Crippen LogP contribution is 2.30. The van der Waals surface area contributed by atoms with Gasteiger partial charge in [0.2, 0.25) is 0 Å². The second-order valence-electron chi connectivity index (χ2n) is 2.37. The van der Waals surface area contributed by atoms with E-state index in [2.05, 4.69) is 9.72 Å². The monoisotopic (exact) mass is 237 g/mol. The molecule has 0 saturated carbocycles. The van der Waals surface area contributed by atoms with Crippen molar-refractivity contribution < 1.29 is 17.9 Å². The first kappa shape index (κ1) is 11.4. The molecule has 0 aliphatic heterocycles. The number of nitrogen functional groups attached to an aromatic ring is 1. The van der Waals surface area contributed by atoms with Crippen molar-refractivity contribution in [3.8, 4) is 11.8 Å². The zero-order valence-corrected chi connectivity index (χ0v) is 7.73. The first-order valence-corrected chi connectivity index (χ1v) is 3.83. The van der Waals surface area contributed by atoms with E-state index >= 15 is 0 Å². The number of rotatable bonds is 1. The largest absolute Gasteiger partial charge is 0.573 e. The third-order valence-corrected chi connectivity index (χ3v) is 1.57. The molecule has 0 fully saturated rings. The minimum Gasteiger partial charge on any atom is -0.404 e. The van der Waals surface area contributed by atoms with Crippen LogP contribution in [-0.4, -0.2) is 11.3 Å². The maximum absolute atomic E-state index is 11.9. The molecule has 0 amide bonds. The summed E-state index contributed by atoms with van der Waals surface area (Å²) in [4.78, 5) is 3.41. The van der Waals surface area contributed by atoms with Crippen molar-refractivity contribution in [3.63, 3.8) is 0 Å². The molecule has 0 bridgehead atoms. The number of pyridine rings is 1. The number of halogens is 4. The third kappa shape index (κ3) is 2.89. The molecule has 0 unspecified atom stereocenters. The number of aromatic nitrogens is 1. The average molecular weight is 238 g/mol. The van der Waals surface area contributed by atoms with E-state index in [9.17, 15) is 13.2 Å². The molecule has 15 heavy (non-hydrogen) atoms. The predicted molar refractivity (Wildman–Crippen MR) is 45.1 cm³/mol. The molecule has 0 atom stereocenters. The molecule has 0 saturated heterocycles. The Morgan fingerprint density at radius 1 is 1.53 bits per heavy atom. The van der Waals surface area contributed by atoms with E-state index in [0.29, 0.717) is 0 Å². The normalized spacial score (nSPS) is 10.9. The summed E-state index contributed by atoms with van der Waals surface area (Å²) in [6.07, 6.45) is -4.91. The van der Waals surface area contributed by atoms with Gasteiger partial charge >= 0.3 is 6.36 Å². The first-order valence-electron chi connectivity index (χ1n) is 3.45. The fourth-order valence-electron chi connectivity index (χ4n) is 0.816. The second-order valence-corrected chi connectivity index (χ2v) is 2.73. The molecule has 1 aromatic rings. The highest BCUT2D eigenvalue weighted by Gasteiger charge is 2.33. The highest BCUT2D eigenvalue weighted by atomic mass is 35.5. The summed E-state index contributed by atoms with van der Waals surface area (Å²) in [5.74, 6) is -1.03. The molecule has 80 valence electrons. The zero-order chi connectivity index (χ0) is 11.6. The molecule has 0 aliphatic carbocycles. The van der Waals surface area contributed by atoms with Gasteiger partial charge in [-0.25, -0.2) is 4.98 Å². The summed E-state index contributed by atoms with van der Waals surface area (Å²) in [6.45, 7) is 0. The third-order valence-electron chi connectivity index (χ3n) is 1.30. The van der Waals surface area contributed by atoms with Gasteiger partial charge in [0.15, 0.2) is 10.9 Å². The number of ether oxygens (including phenoxy) is 1. The Labute approximate surface area is 87.0 Å². The summed E-state index contributed by atoms with van der Waals surface area (Å²) in [7, 11) is 0. The Morgan fingerprint density at radius 2 is 2.13 bits per heavy atom. The Bertz CT molecular complexity index is 427. The molecule has 1 rings (SSSR count). The van der Waals surface area contributed by atoms with Crippen LogP contribution >= 0.6 is 11.6 Å². The lowest BCUT2D eigenvalue weighted by Crippen LogP contribution is -2.18. The second kappa shape index (κ2) is 3.82. The zero-order valence-electron chi connectivity index (χ0n) is 6.97. The molecular weight excluding hydrogens is 235 g/mol. The van der Waals surface area contributed by atoms with Gasteiger partial charge in [0, 0.05) is 6.07 Å². The lowest BCUT2D eigenvalue weighted by molar-refractivity contribution is -0.274. The van der Waals surface area contributed by atoms with Crippen molar-refractivity contribution in [2.24, 2.45) is 0 Å². The molecule has 4 nitrogen and oxygen atoms in total. The fraction of sp³-hybridized carbons (Fsp3) is 0.143. The van der Waals surface area contributed by atoms with E-state index in [1.165, 1.54) is 6.07 Å². The van der Waals surface area contributed by atoms with Gasteiger partial charge in [0.1, 0.15) is 17.5 Å². The Hall–Kier alpha value is -1.68. The lowest BCUT2D eigenvalue weighted by atomic mass is 10.3. The average Bonchev–Trinajstić information content (AvgIpc) is 1.99. The summed E-state index contributed by atoms with van der Waals surface area (Å²) < 4.78 is 39.2. The smallest absolute Gasteiger partial charge is 0.404 e. The molecule has 0 aliphatic rings. The summed E-state index contributed by atoms with van der Waals surface area (Å²) in [5, 5.41) is 8.09. The molecule has 0 radical (unpaired) electrons. The van der Waals surface area contributed by atoms with Crippen LogP contribution in [0, 0.1) is 11.3 Å². The molecule has 8 heteroatoms. The van der Waals surface area contributed by atoms with E-state index in [0.717, 1.165) is 6.07 Å². The Morgan fingerprint density at radius 3 is 2.60 bits per heavy atom. The van der Waals surface area contributed by atoms with Crippen LogP contribution in [0.1, 0.15) is 5.56 Å². The van der Waals surface area contributed by atoms with Crippen LogP contribution in [0.3, 0.4) is 0 Å². The molecule has 0 spiro atoms. The van der Waals surface area contributed by atoms with Crippen molar-refractivity contribution in [2.75, 3.05) is 5.73 Å². The molecular formula is C7H3ClF3N3O. The number of nitrogens with two attached hydrogens (primary N) is 1. The minimum atomic E-state index is -4.91. The quantitative estimate of drug-likeness (QED) is 0.759. The topological polar surface area (TPSA) is 71.9 Å². The summed E-state index contributed by atoms with van der Waals surface area (Å²) >= 11 is 5.40. The van der Waals surface area contributed by atoms with Crippen LogP contribution in [0.15, 0.2) is 6.07 Å². The predicted octanol–water partition coefficient (Wildman–Crippen LogP) is 2.09. The molecule has 1 heterocycles. The van der Waals surface area contributed by atoms with E-state index in [1.54, 1.807) is 0 Å². The van der Waals surface area contributed by atoms with Crippen molar-refractivity contribution in [1.29, 1.82) is 5.26 Å². The maximum atomic E-state index is 11.9. The number of anilines is 1. The van der Waals surface area contributed by atoms with E-state index in [-0.39, 0.29) is 5.82 Å². The number of nitriles is 1. The summed E-state index contributed by atoms with van der Waals surface area (Å²) in [5.41, 5.74) is 4.64.